The van der Waals surface area contributed by atoms with Crippen LogP contribution in [-0.2, 0) is 17.8 Å². The fraction of sp³-hybridized carbons (Fsp3) is 0.270. The van der Waals surface area contributed by atoms with Crippen molar-refractivity contribution in [1.82, 2.24) is 14.5 Å². The van der Waals surface area contributed by atoms with Crippen LogP contribution in [0.1, 0.15) is 48.6 Å². The van der Waals surface area contributed by atoms with E-state index in [4.69, 9.17) is 10.1 Å². The summed E-state index contributed by atoms with van der Waals surface area (Å²) in [5, 5.41) is 18.4. The number of carboxylic acids is 1. The molecule has 5 aromatic rings. The van der Waals surface area contributed by atoms with Gasteiger partial charge in [-0.25, -0.2) is 9.97 Å². The topological polar surface area (TPSA) is 91.5 Å². The minimum absolute atomic E-state index is 0.0178. The molecular weight excluding hydrogens is 580 g/mol. The zero-order valence-electron chi connectivity index (χ0n) is 26.9. The minimum atomic E-state index is -0.821. The van der Waals surface area contributed by atoms with E-state index in [0.717, 1.165) is 57.1 Å². The quantitative estimate of drug-likeness (QED) is 0.185. The van der Waals surface area contributed by atoms with Crippen LogP contribution in [0.4, 0.5) is 5.69 Å². The average molecular weight is 621 g/mol. The first-order valence-corrected chi connectivity index (χ1v) is 16.1. The number of aliphatic hydroxyl groups is 1. The number of imidazole rings is 1. The number of benzene rings is 3. The number of aryl methyl sites for hydroxylation is 1. The summed E-state index contributed by atoms with van der Waals surface area (Å²) in [5.74, 6) is 0.00163. The number of hydrogen-bond acceptors (Lipinski definition) is 6. The number of nitrogens with zero attached hydrogens (tertiary/aromatic N) is 4. The third-order valence-electron chi connectivity index (χ3n) is 7.72. The van der Waals surface area contributed by atoms with Crippen LogP contribution in [0.25, 0.3) is 39.3 Å². The average Bonchev–Trinajstić information content (AvgIpc) is 3.54. The van der Waals surface area contributed by atoms with Crippen LogP contribution in [0.2, 0.25) is 0 Å². The van der Waals surface area contributed by atoms with Gasteiger partial charge in [0, 0.05) is 29.8 Å². The Bertz CT molecular complexity index is 1840. The number of pyridine rings is 1. The SMILES string of the molecule is CC(C)(C)O.CSN1Cc2cc(-c3cccc(-n4ccnc4)n3)ccc2-c2c(C)c(-c3ccc(C)cc3)c(CC(=O)O)c(C)c21. The molecule has 0 amide bonds. The monoisotopic (exact) mass is 620 g/mol. The summed E-state index contributed by atoms with van der Waals surface area (Å²) in [4.78, 5) is 21.1. The Morgan fingerprint density at radius 1 is 0.956 bits per heavy atom. The highest BCUT2D eigenvalue weighted by molar-refractivity contribution is 7.99. The van der Waals surface area contributed by atoms with E-state index in [2.05, 4.69) is 78.8 Å². The van der Waals surface area contributed by atoms with Crippen LogP contribution in [0.15, 0.2) is 79.4 Å². The van der Waals surface area contributed by atoms with Gasteiger partial charge in [-0.3, -0.25) is 9.36 Å². The Morgan fingerprint density at radius 3 is 2.27 bits per heavy atom. The maximum absolute atomic E-state index is 12.0. The highest BCUT2D eigenvalue weighted by atomic mass is 32.2. The van der Waals surface area contributed by atoms with Crippen molar-refractivity contribution in [3.63, 3.8) is 0 Å². The van der Waals surface area contributed by atoms with E-state index in [9.17, 15) is 9.90 Å². The smallest absolute Gasteiger partial charge is 0.307 e. The van der Waals surface area contributed by atoms with Crippen molar-refractivity contribution in [3.8, 4) is 39.3 Å². The van der Waals surface area contributed by atoms with Crippen molar-refractivity contribution in [3.05, 3.63) is 107 Å². The van der Waals surface area contributed by atoms with Gasteiger partial charge in [-0.05, 0) is 98.7 Å². The second-order valence-corrected chi connectivity index (χ2v) is 13.2. The molecule has 45 heavy (non-hydrogen) atoms. The molecule has 0 aliphatic carbocycles. The second kappa shape index (κ2) is 12.9. The number of hydrogen-bond donors (Lipinski definition) is 2. The van der Waals surface area contributed by atoms with Crippen molar-refractivity contribution in [2.45, 2.75) is 60.1 Å². The first-order chi connectivity index (χ1) is 21.4. The Balaban J connectivity index is 0.000000743. The molecule has 0 bridgehead atoms. The van der Waals surface area contributed by atoms with Gasteiger partial charge < -0.3 is 14.5 Å². The summed E-state index contributed by atoms with van der Waals surface area (Å²) in [6.45, 7) is 12.2. The molecule has 1 aliphatic heterocycles. The lowest BCUT2D eigenvalue weighted by Gasteiger charge is -2.36. The number of fused-ring (bicyclic) bond motifs is 3. The lowest BCUT2D eigenvalue weighted by atomic mass is 9.80. The summed E-state index contributed by atoms with van der Waals surface area (Å²) < 4.78 is 4.20. The summed E-state index contributed by atoms with van der Waals surface area (Å²) >= 11 is 1.67. The lowest BCUT2D eigenvalue weighted by Crippen LogP contribution is -2.22. The Morgan fingerprint density at radius 2 is 1.64 bits per heavy atom. The van der Waals surface area contributed by atoms with Gasteiger partial charge in [0.25, 0.3) is 0 Å². The number of aliphatic carboxylic acids is 1. The normalized spacial score (nSPS) is 12.2. The summed E-state index contributed by atoms with van der Waals surface area (Å²) in [6.07, 6.45) is 7.45. The van der Waals surface area contributed by atoms with Crippen molar-refractivity contribution in [2.75, 3.05) is 10.6 Å². The van der Waals surface area contributed by atoms with Gasteiger partial charge in [0.1, 0.15) is 12.1 Å². The van der Waals surface area contributed by atoms with E-state index in [1.165, 1.54) is 22.3 Å². The molecule has 3 aromatic carbocycles. The van der Waals surface area contributed by atoms with Crippen molar-refractivity contribution in [2.24, 2.45) is 0 Å². The predicted molar refractivity (Wildman–Crippen MR) is 185 cm³/mol. The molecule has 2 N–H and O–H groups in total. The van der Waals surface area contributed by atoms with E-state index in [1.54, 1.807) is 45.2 Å². The Kier molecular flexibility index (Phi) is 9.18. The molecule has 0 atom stereocenters. The van der Waals surface area contributed by atoms with Gasteiger partial charge in [0.2, 0.25) is 0 Å². The number of rotatable bonds is 6. The molecule has 6 rings (SSSR count). The van der Waals surface area contributed by atoms with Crippen LogP contribution in [0.5, 0.6) is 0 Å². The first kappa shape index (κ1) is 32.0. The first-order valence-electron chi connectivity index (χ1n) is 14.9. The highest BCUT2D eigenvalue weighted by Gasteiger charge is 2.30. The molecule has 8 heteroatoms. The molecule has 232 valence electrons. The summed E-state index contributed by atoms with van der Waals surface area (Å²) in [7, 11) is 0. The zero-order chi connectivity index (χ0) is 32.5. The third kappa shape index (κ3) is 6.97. The molecule has 0 spiro atoms. The van der Waals surface area contributed by atoms with E-state index in [0.29, 0.717) is 0 Å². The number of anilines is 1. The van der Waals surface area contributed by atoms with Crippen molar-refractivity contribution >= 4 is 23.6 Å². The second-order valence-electron chi connectivity index (χ2n) is 12.4. The van der Waals surface area contributed by atoms with E-state index in [1.807, 2.05) is 29.0 Å². The van der Waals surface area contributed by atoms with Gasteiger partial charge in [-0.15, -0.1) is 0 Å². The zero-order valence-corrected chi connectivity index (χ0v) is 27.7. The molecular formula is C37H40N4O3S. The molecule has 3 heterocycles. The van der Waals surface area contributed by atoms with E-state index >= 15 is 0 Å². The highest BCUT2D eigenvalue weighted by Crippen LogP contribution is 2.50. The standard InChI is InChI=1S/C33H30N4O2S.C4H10O/c1-20-8-10-23(11-9-20)31-22(3)32-26-13-12-24(28-6-5-7-29(35-28)36-15-14-34-19-36)16-25(26)18-37(40-4)33(32)21(2)27(31)17-30(38)39;1-4(2,3)5/h5-16,19H,17-18H2,1-4H3,(H,38,39);5H,1-3H3. The Hall–Kier alpha value is -4.40. The van der Waals surface area contributed by atoms with Crippen LogP contribution >= 0.6 is 11.9 Å². The third-order valence-corrected chi connectivity index (χ3v) is 8.47. The van der Waals surface area contributed by atoms with Crippen molar-refractivity contribution in [1.29, 1.82) is 0 Å². The van der Waals surface area contributed by atoms with E-state index in [-0.39, 0.29) is 6.42 Å². The van der Waals surface area contributed by atoms with Gasteiger partial charge in [0.05, 0.1) is 29.9 Å². The van der Waals surface area contributed by atoms with Crippen LogP contribution in [0, 0.1) is 20.8 Å². The maximum atomic E-state index is 12.0. The number of carbonyl (C=O) groups is 1. The van der Waals surface area contributed by atoms with Gasteiger partial charge in [-0.1, -0.05) is 60.0 Å². The van der Waals surface area contributed by atoms with E-state index < -0.39 is 11.6 Å². The van der Waals surface area contributed by atoms with Gasteiger partial charge >= 0.3 is 5.97 Å². The lowest BCUT2D eigenvalue weighted by molar-refractivity contribution is -0.136. The number of carboxylic acid groups (broad SMARTS) is 1. The fourth-order valence-electron chi connectivity index (χ4n) is 5.81. The molecule has 0 saturated carbocycles. The van der Waals surface area contributed by atoms with Crippen molar-refractivity contribution < 1.29 is 15.0 Å². The molecule has 1 aliphatic rings. The molecule has 0 fully saturated rings. The molecule has 7 nitrogen and oxygen atoms in total. The molecule has 0 unspecified atom stereocenters. The van der Waals surface area contributed by atoms with Gasteiger partial charge in [-0.2, -0.15) is 0 Å². The Labute approximate surface area is 269 Å². The fourth-order valence-corrected chi connectivity index (χ4v) is 6.49. The molecule has 0 radical (unpaired) electrons. The van der Waals surface area contributed by atoms with Crippen LogP contribution in [0.3, 0.4) is 0 Å². The number of aromatic nitrogens is 3. The predicted octanol–water partition coefficient (Wildman–Crippen LogP) is 8.20. The summed E-state index contributed by atoms with van der Waals surface area (Å²) in [5.41, 5.74) is 12.4. The molecule has 2 aromatic heterocycles. The largest absolute Gasteiger partial charge is 0.481 e. The minimum Gasteiger partial charge on any atom is -0.481 e. The molecule has 0 saturated heterocycles. The summed E-state index contributed by atoms with van der Waals surface area (Å²) in [6, 6.07) is 21.0. The van der Waals surface area contributed by atoms with Crippen LogP contribution in [-0.4, -0.2) is 42.6 Å². The maximum Gasteiger partial charge on any atom is 0.307 e. The van der Waals surface area contributed by atoms with Crippen LogP contribution < -0.4 is 4.31 Å². The van der Waals surface area contributed by atoms with Gasteiger partial charge in [0.15, 0.2) is 0 Å².